The summed E-state index contributed by atoms with van der Waals surface area (Å²) in [6.07, 6.45) is 1.05. The molecule has 0 saturated heterocycles. The summed E-state index contributed by atoms with van der Waals surface area (Å²) in [5.41, 5.74) is 1.38. The Morgan fingerprint density at radius 3 is 1.45 bits per heavy atom. The predicted octanol–water partition coefficient (Wildman–Crippen LogP) is 4.73. The van der Waals surface area contributed by atoms with Crippen LogP contribution in [0.25, 0.3) is 0 Å². The van der Waals surface area contributed by atoms with Gasteiger partial charge in [-0.2, -0.15) is 0 Å². The van der Waals surface area contributed by atoms with Crippen molar-refractivity contribution in [3.63, 3.8) is 0 Å². The zero-order valence-corrected chi connectivity index (χ0v) is 13.7. The zero-order chi connectivity index (χ0) is 15.3. The third kappa shape index (κ3) is 2.89. The molecule has 110 valence electrons. The molecule has 0 aromatic heterocycles. The van der Waals surface area contributed by atoms with Crippen LogP contribution in [0, 0.1) is 0 Å². The molecule has 0 saturated carbocycles. The standard InChI is InChI=1S/C21H21P/c1-2-22(20-14-8-4-9-15-20,21-16-10-5-11-17-21)18-19-12-6-3-7-13-19/h2-17,22H,1,18H2. The predicted molar refractivity (Wildman–Crippen MR) is 101 cm³/mol. The number of hydrogen-bond acceptors (Lipinski definition) is 0. The van der Waals surface area contributed by atoms with Gasteiger partial charge in [-0.3, -0.25) is 0 Å². The van der Waals surface area contributed by atoms with Gasteiger partial charge in [0.05, 0.1) is 0 Å². The molecular formula is C21H21P. The van der Waals surface area contributed by atoms with Crippen LogP contribution < -0.4 is 10.6 Å². The molecule has 0 aliphatic rings. The van der Waals surface area contributed by atoms with Crippen molar-refractivity contribution in [3.05, 3.63) is 109 Å². The Kier molecular flexibility index (Phi) is 4.51. The summed E-state index contributed by atoms with van der Waals surface area (Å²) in [6.45, 7) is 4.24. The van der Waals surface area contributed by atoms with E-state index in [2.05, 4.69) is 103 Å². The van der Waals surface area contributed by atoms with Crippen LogP contribution in [0.2, 0.25) is 0 Å². The van der Waals surface area contributed by atoms with Crippen LogP contribution >= 0.6 is 7.26 Å². The van der Waals surface area contributed by atoms with Crippen molar-refractivity contribution in [2.45, 2.75) is 6.16 Å². The molecule has 1 heteroatoms. The summed E-state index contributed by atoms with van der Waals surface area (Å²) in [6, 6.07) is 32.5. The van der Waals surface area contributed by atoms with Crippen LogP contribution in [0.5, 0.6) is 0 Å². The number of rotatable bonds is 5. The van der Waals surface area contributed by atoms with Crippen LogP contribution in [0.3, 0.4) is 0 Å². The Labute approximate surface area is 133 Å². The molecular weight excluding hydrogens is 283 g/mol. The molecule has 3 aromatic rings. The van der Waals surface area contributed by atoms with Crippen LogP contribution in [0.4, 0.5) is 0 Å². The van der Waals surface area contributed by atoms with Crippen molar-refractivity contribution in [1.82, 2.24) is 0 Å². The minimum absolute atomic E-state index is 1.05. The first-order valence-electron chi connectivity index (χ1n) is 7.64. The van der Waals surface area contributed by atoms with Gasteiger partial charge in [-0.1, -0.05) is 0 Å². The maximum absolute atomic E-state index is 4.24. The number of benzene rings is 3. The van der Waals surface area contributed by atoms with Gasteiger partial charge in [0.15, 0.2) is 0 Å². The summed E-state index contributed by atoms with van der Waals surface area (Å²) in [5.74, 6) is 2.23. The van der Waals surface area contributed by atoms with Crippen LogP contribution in [0.15, 0.2) is 103 Å². The van der Waals surface area contributed by atoms with E-state index in [0.29, 0.717) is 0 Å². The number of hydrogen-bond donors (Lipinski definition) is 0. The third-order valence-electron chi connectivity index (χ3n) is 4.25. The van der Waals surface area contributed by atoms with Crippen molar-refractivity contribution in [2.75, 3.05) is 0 Å². The van der Waals surface area contributed by atoms with E-state index in [0.717, 1.165) is 6.16 Å². The van der Waals surface area contributed by atoms with Crippen molar-refractivity contribution < 1.29 is 0 Å². The summed E-state index contributed by atoms with van der Waals surface area (Å²) in [5, 5.41) is 2.83. The molecule has 3 aromatic carbocycles. The maximum atomic E-state index is 4.24. The second kappa shape index (κ2) is 6.73. The van der Waals surface area contributed by atoms with Crippen LogP contribution in [-0.2, 0) is 6.16 Å². The average Bonchev–Trinajstić information content (AvgIpc) is 2.62. The molecule has 0 bridgehead atoms. The molecule has 0 unspecified atom stereocenters. The average molecular weight is 304 g/mol. The van der Waals surface area contributed by atoms with Gasteiger partial charge in [0, 0.05) is 0 Å². The van der Waals surface area contributed by atoms with Gasteiger partial charge in [0.25, 0.3) is 0 Å². The summed E-state index contributed by atoms with van der Waals surface area (Å²) >= 11 is 0. The van der Waals surface area contributed by atoms with Crippen molar-refractivity contribution in [3.8, 4) is 0 Å². The van der Waals surface area contributed by atoms with E-state index in [1.54, 1.807) is 0 Å². The Balaban J connectivity index is 2.15. The van der Waals surface area contributed by atoms with Crippen molar-refractivity contribution >= 4 is 17.9 Å². The Bertz CT molecular complexity index is 678. The second-order valence-corrected chi connectivity index (χ2v) is 9.43. The zero-order valence-electron chi connectivity index (χ0n) is 12.7. The Morgan fingerprint density at radius 1 is 0.636 bits per heavy atom. The first-order valence-corrected chi connectivity index (χ1v) is 9.92. The third-order valence-corrected chi connectivity index (χ3v) is 8.64. The second-order valence-electron chi connectivity index (χ2n) is 5.57. The molecule has 0 radical (unpaired) electrons. The molecule has 0 spiro atoms. The summed E-state index contributed by atoms with van der Waals surface area (Å²) in [4.78, 5) is 0. The van der Waals surface area contributed by atoms with E-state index in [4.69, 9.17) is 0 Å². The first kappa shape index (κ1) is 14.8. The normalized spacial score (nSPS) is 11.8. The SMILES string of the molecule is C=C[PH](Cc1ccccc1)(c1ccccc1)c1ccccc1. The van der Waals surface area contributed by atoms with Crippen LogP contribution in [0.1, 0.15) is 5.56 Å². The molecule has 0 N–H and O–H groups in total. The van der Waals surface area contributed by atoms with Gasteiger partial charge in [0.2, 0.25) is 0 Å². The molecule has 0 atom stereocenters. The fraction of sp³-hybridized carbons (Fsp3) is 0.0476. The van der Waals surface area contributed by atoms with E-state index in [1.807, 2.05) is 0 Å². The molecule has 22 heavy (non-hydrogen) atoms. The summed E-state index contributed by atoms with van der Waals surface area (Å²) < 4.78 is 0. The molecule has 0 nitrogen and oxygen atoms in total. The van der Waals surface area contributed by atoms with Gasteiger partial charge < -0.3 is 0 Å². The van der Waals surface area contributed by atoms with Gasteiger partial charge >= 0.3 is 133 Å². The molecule has 3 rings (SSSR count). The summed E-state index contributed by atoms with van der Waals surface area (Å²) in [7, 11) is -2.00. The van der Waals surface area contributed by atoms with E-state index in [9.17, 15) is 0 Å². The monoisotopic (exact) mass is 304 g/mol. The quantitative estimate of drug-likeness (QED) is 0.598. The Hall–Kier alpha value is -2.17. The van der Waals surface area contributed by atoms with Crippen LogP contribution in [-0.4, -0.2) is 0 Å². The molecule has 0 aliphatic carbocycles. The van der Waals surface area contributed by atoms with Gasteiger partial charge in [-0.25, -0.2) is 0 Å². The van der Waals surface area contributed by atoms with E-state index < -0.39 is 7.26 Å². The van der Waals surface area contributed by atoms with Crippen molar-refractivity contribution in [1.29, 1.82) is 0 Å². The van der Waals surface area contributed by atoms with E-state index in [-0.39, 0.29) is 0 Å². The van der Waals surface area contributed by atoms with E-state index in [1.165, 1.54) is 16.2 Å². The molecule has 0 fully saturated rings. The van der Waals surface area contributed by atoms with Crippen molar-refractivity contribution in [2.24, 2.45) is 0 Å². The fourth-order valence-electron chi connectivity index (χ4n) is 3.07. The first-order chi connectivity index (χ1) is 10.8. The molecule has 0 amide bonds. The topological polar surface area (TPSA) is 0 Å². The van der Waals surface area contributed by atoms with Gasteiger partial charge in [0.1, 0.15) is 0 Å². The molecule has 0 aliphatic heterocycles. The van der Waals surface area contributed by atoms with Gasteiger partial charge in [-0.05, 0) is 0 Å². The Morgan fingerprint density at radius 2 is 1.05 bits per heavy atom. The molecule has 0 heterocycles. The minimum atomic E-state index is -2.00. The van der Waals surface area contributed by atoms with Gasteiger partial charge in [-0.15, -0.1) is 0 Å². The fourth-order valence-corrected chi connectivity index (χ4v) is 6.88. The van der Waals surface area contributed by atoms with E-state index >= 15 is 0 Å².